The molecule has 1 unspecified atom stereocenters. The highest BCUT2D eigenvalue weighted by Crippen LogP contribution is 2.25. The third-order valence-corrected chi connectivity index (χ3v) is 3.68. The molecule has 0 bridgehead atoms. The molecule has 0 aromatic rings. The topological polar surface area (TPSA) is 75.6 Å². The van der Waals surface area contributed by atoms with Crippen molar-refractivity contribution in [1.29, 1.82) is 0 Å². The molecule has 0 aromatic heterocycles. The van der Waals surface area contributed by atoms with Crippen LogP contribution in [0.5, 0.6) is 0 Å². The summed E-state index contributed by atoms with van der Waals surface area (Å²) < 4.78 is 5.59. The van der Waals surface area contributed by atoms with Gasteiger partial charge in [0.05, 0.1) is 18.6 Å². The molecule has 5 nitrogen and oxygen atoms in total. The van der Waals surface area contributed by atoms with Crippen LogP contribution in [0.1, 0.15) is 52.9 Å². The van der Waals surface area contributed by atoms with Crippen molar-refractivity contribution in [1.82, 2.24) is 5.32 Å². The molecule has 2 N–H and O–H groups in total. The van der Waals surface area contributed by atoms with Crippen LogP contribution in [0.2, 0.25) is 0 Å². The van der Waals surface area contributed by atoms with Crippen molar-refractivity contribution in [2.45, 2.75) is 65.0 Å². The largest absolute Gasteiger partial charge is 0.481 e. The van der Waals surface area contributed by atoms with Crippen LogP contribution in [0.15, 0.2) is 0 Å². The molecule has 0 radical (unpaired) electrons. The molecule has 0 aromatic carbocycles. The summed E-state index contributed by atoms with van der Waals surface area (Å²) in [4.78, 5) is 22.6. The van der Waals surface area contributed by atoms with Gasteiger partial charge in [-0.15, -0.1) is 0 Å². The predicted molar refractivity (Wildman–Crippen MR) is 76.4 cm³/mol. The fraction of sp³-hybridized carbons (Fsp3) is 0.867. The summed E-state index contributed by atoms with van der Waals surface area (Å²) in [6.45, 7) is 6.73. The van der Waals surface area contributed by atoms with Gasteiger partial charge in [-0.25, -0.2) is 0 Å². The lowest BCUT2D eigenvalue weighted by molar-refractivity contribution is -0.141. The summed E-state index contributed by atoms with van der Waals surface area (Å²) >= 11 is 0. The highest BCUT2D eigenvalue weighted by molar-refractivity contribution is 5.76. The number of hydrogen-bond acceptors (Lipinski definition) is 3. The molecule has 1 saturated carbocycles. The molecule has 116 valence electrons. The summed E-state index contributed by atoms with van der Waals surface area (Å²) in [6, 6.07) is 0.0108. The number of nitrogens with one attached hydrogen (secondary N) is 1. The zero-order valence-electron chi connectivity index (χ0n) is 12.7. The van der Waals surface area contributed by atoms with Gasteiger partial charge in [0.2, 0.25) is 5.91 Å². The first-order chi connectivity index (χ1) is 9.38. The van der Waals surface area contributed by atoms with E-state index in [-0.39, 0.29) is 24.0 Å². The average molecular weight is 285 g/mol. The fourth-order valence-corrected chi connectivity index (χ4v) is 2.72. The van der Waals surface area contributed by atoms with Gasteiger partial charge in [-0.3, -0.25) is 9.59 Å². The first-order valence-corrected chi connectivity index (χ1v) is 7.52. The lowest BCUT2D eigenvalue weighted by Crippen LogP contribution is -2.34. The highest BCUT2D eigenvalue weighted by Gasteiger charge is 2.30. The second-order valence-electron chi connectivity index (χ2n) is 6.17. The summed E-state index contributed by atoms with van der Waals surface area (Å²) in [5, 5.41) is 11.8. The highest BCUT2D eigenvalue weighted by atomic mass is 16.5. The number of rotatable bonds is 8. The van der Waals surface area contributed by atoms with E-state index in [9.17, 15) is 9.59 Å². The number of carbonyl (C=O) groups is 2. The SMILES string of the molecule is CC(C)CC(C)OCCC(=O)N[C@H]1CC[C@@H](C(=O)O)C1. The molecule has 3 atom stereocenters. The molecule has 0 heterocycles. The lowest BCUT2D eigenvalue weighted by Gasteiger charge is -2.16. The van der Waals surface area contributed by atoms with Gasteiger partial charge in [0, 0.05) is 12.5 Å². The molecule has 20 heavy (non-hydrogen) atoms. The normalized spacial score (nSPS) is 23.8. The first kappa shape index (κ1) is 17.0. The number of aliphatic carboxylic acids is 1. The van der Waals surface area contributed by atoms with Gasteiger partial charge in [-0.05, 0) is 38.5 Å². The minimum absolute atomic E-state index is 0.0108. The second kappa shape index (κ2) is 8.25. The van der Waals surface area contributed by atoms with Crippen LogP contribution in [0.25, 0.3) is 0 Å². The standard InChI is InChI=1S/C15H27NO4/c1-10(2)8-11(3)20-7-6-14(17)16-13-5-4-12(9-13)15(18)19/h10-13H,4-9H2,1-3H3,(H,16,17)(H,18,19)/t11?,12-,13+/m1/s1. The molecule has 0 aliphatic heterocycles. The Morgan fingerprint density at radius 3 is 2.55 bits per heavy atom. The minimum Gasteiger partial charge on any atom is -0.481 e. The van der Waals surface area contributed by atoms with Crippen molar-refractivity contribution in [3.63, 3.8) is 0 Å². The zero-order chi connectivity index (χ0) is 15.1. The van der Waals surface area contributed by atoms with Crippen LogP contribution in [-0.4, -0.2) is 35.7 Å². The average Bonchev–Trinajstić information content (AvgIpc) is 2.76. The summed E-state index contributed by atoms with van der Waals surface area (Å²) in [5.74, 6) is -0.516. The third-order valence-electron chi connectivity index (χ3n) is 3.68. The van der Waals surface area contributed by atoms with Crippen molar-refractivity contribution in [3.05, 3.63) is 0 Å². The number of hydrogen-bond donors (Lipinski definition) is 2. The van der Waals surface area contributed by atoms with Crippen LogP contribution >= 0.6 is 0 Å². The van der Waals surface area contributed by atoms with E-state index in [0.717, 1.165) is 12.8 Å². The van der Waals surface area contributed by atoms with Crippen molar-refractivity contribution in [2.75, 3.05) is 6.61 Å². The van der Waals surface area contributed by atoms with Crippen molar-refractivity contribution < 1.29 is 19.4 Å². The lowest BCUT2D eigenvalue weighted by atomic mass is 10.1. The van der Waals surface area contributed by atoms with E-state index in [1.54, 1.807) is 0 Å². The molecule has 1 rings (SSSR count). The van der Waals surface area contributed by atoms with Crippen LogP contribution in [0, 0.1) is 11.8 Å². The summed E-state index contributed by atoms with van der Waals surface area (Å²) in [7, 11) is 0. The van der Waals surface area contributed by atoms with Crippen molar-refractivity contribution >= 4 is 11.9 Å². The number of carbonyl (C=O) groups excluding carboxylic acids is 1. The Morgan fingerprint density at radius 2 is 2.00 bits per heavy atom. The third kappa shape index (κ3) is 6.37. The van der Waals surface area contributed by atoms with Crippen LogP contribution in [0.3, 0.4) is 0 Å². The van der Waals surface area contributed by atoms with Gasteiger partial charge in [-0.1, -0.05) is 13.8 Å². The monoisotopic (exact) mass is 285 g/mol. The number of carboxylic acid groups (broad SMARTS) is 1. The molecule has 1 fully saturated rings. The van der Waals surface area contributed by atoms with E-state index in [1.807, 2.05) is 6.92 Å². The van der Waals surface area contributed by atoms with E-state index in [2.05, 4.69) is 19.2 Å². The molecule has 0 saturated heterocycles. The van der Waals surface area contributed by atoms with Crippen LogP contribution in [0.4, 0.5) is 0 Å². The summed E-state index contributed by atoms with van der Waals surface area (Å²) in [6.07, 6.45) is 3.47. The van der Waals surface area contributed by atoms with E-state index in [0.29, 0.717) is 31.8 Å². The number of carboxylic acids is 1. The first-order valence-electron chi connectivity index (χ1n) is 7.52. The van der Waals surface area contributed by atoms with E-state index >= 15 is 0 Å². The minimum atomic E-state index is -0.757. The van der Waals surface area contributed by atoms with Gasteiger partial charge >= 0.3 is 5.97 Å². The Labute approximate surface area is 121 Å². The Morgan fingerprint density at radius 1 is 1.30 bits per heavy atom. The molecule has 1 aliphatic carbocycles. The quantitative estimate of drug-likeness (QED) is 0.717. The molecular weight excluding hydrogens is 258 g/mol. The maximum Gasteiger partial charge on any atom is 0.306 e. The fourth-order valence-electron chi connectivity index (χ4n) is 2.72. The maximum atomic E-state index is 11.7. The Hall–Kier alpha value is -1.10. The predicted octanol–water partition coefficient (Wildman–Crippen LogP) is 2.20. The number of amides is 1. The van der Waals surface area contributed by atoms with E-state index in [4.69, 9.17) is 9.84 Å². The molecule has 5 heteroatoms. The molecule has 0 spiro atoms. The Kier molecular flexibility index (Phi) is 6.99. The van der Waals surface area contributed by atoms with E-state index in [1.165, 1.54) is 0 Å². The van der Waals surface area contributed by atoms with Gasteiger partial charge < -0.3 is 15.2 Å². The number of ether oxygens (including phenoxy) is 1. The van der Waals surface area contributed by atoms with Gasteiger partial charge in [0.15, 0.2) is 0 Å². The maximum absolute atomic E-state index is 11.7. The smallest absolute Gasteiger partial charge is 0.306 e. The molecular formula is C15H27NO4. The van der Waals surface area contributed by atoms with E-state index < -0.39 is 5.97 Å². The Balaban J connectivity index is 2.13. The zero-order valence-corrected chi connectivity index (χ0v) is 12.7. The van der Waals surface area contributed by atoms with Crippen LogP contribution < -0.4 is 5.32 Å². The van der Waals surface area contributed by atoms with Gasteiger partial charge in [0.1, 0.15) is 0 Å². The second-order valence-corrected chi connectivity index (χ2v) is 6.17. The Bertz CT molecular complexity index is 330. The van der Waals surface area contributed by atoms with Gasteiger partial charge in [0.25, 0.3) is 0 Å². The van der Waals surface area contributed by atoms with Crippen molar-refractivity contribution in [2.24, 2.45) is 11.8 Å². The van der Waals surface area contributed by atoms with Gasteiger partial charge in [-0.2, -0.15) is 0 Å². The molecule has 1 aliphatic rings. The molecule has 1 amide bonds. The van der Waals surface area contributed by atoms with Crippen LogP contribution in [-0.2, 0) is 14.3 Å². The summed E-state index contributed by atoms with van der Waals surface area (Å²) in [5.41, 5.74) is 0. The van der Waals surface area contributed by atoms with Crippen molar-refractivity contribution in [3.8, 4) is 0 Å².